The second-order valence-corrected chi connectivity index (χ2v) is 4.46. The summed E-state index contributed by atoms with van der Waals surface area (Å²) in [5.41, 5.74) is 0.609. The minimum Gasteiger partial charge on any atom is -0.359 e. The second-order valence-electron chi connectivity index (χ2n) is 4.05. The van der Waals surface area contributed by atoms with Gasteiger partial charge in [0, 0.05) is 36.6 Å². The SMILES string of the molecule is CN=C(NC)N[C@@H]1C[C@H]1c1c(F)cccc1Cl. The average molecular weight is 256 g/mol. The van der Waals surface area contributed by atoms with Crippen LogP contribution >= 0.6 is 11.6 Å². The van der Waals surface area contributed by atoms with Crippen LogP contribution in [0.1, 0.15) is 17.9 Å². The number of nitrogens with zero attached hydrogens (tertiary/aromatic N) is 1. The Labute approximate surface area is 105 Å². The number of guanidine groups is 1. The molecule has 0 amide bonds. The van der Waals surface area contributed by atoms with Crippen LogP contribution in [-0.2, 0) is 0 Å². The molecule has 0 heterocycles. The van der Waals surface area contributed by atoms with Crippen LogP contribution in [0.15, 0.2) is 23.2 Å². The lowest BCUT2D eigenvalue weighted by atomic mass is 10.1. The molecule has 1 aliphatic rings. The molecule has 17 heavy (non-hydrogen) atoms. The molecule has 2 atom stereocenters. The quantitative estimate of drug-likeness (QED) is 0.628. The summed E-state index contributed by atoms with van der Waals surface area (Å²) in [5, 5.41) is 6.64. The Balaban J connectivity index is 2.08. The van der Waals surface area contributed by atoms with Gasteiger partial charge in [-0.25, -0.2) is 4.39 Å². The van der Waals surface area contributed by atoms with Gasteiger partial charge in [0.05, 0.1) is 0 Å². The van der Waals surface area contributed by atoms with Crippen LogP contribution in [-0.4, -0.2) is 26.1 Å². The van der Waals surface area contributed by atoms with Crippen LogP contribution in [0.25, 0.3) is 0 Å². The molecule has 1 saturated carbocycles. The molecule has 0 aliphatic heterocycles. The number of nitrogens with one attached hydrogen (secondary N) is 2. The van der Waals surface area contributed by atoms with E-state index < -0.39 is 0 Å². The summed E-state index contributed by atoms with van der Waals surface area (Å²) in [6.45, 7) is 0. The monoisotopic (exact) mass is 255 g/mol. The van der Waals surface area contributed by atoms with Crippen LogP contribution in [0.2, 0.25) is 5.02 Å². The van der Waals surface area contributed by atoms with E-state index >= 15 is 0 Å². The zero-order valence-electron chi connectivity index (χ0n) is 9.80. The fourth-order valence-corrected chi connectivity index (χ4v) is 2.27. The van der Waals surface area contributed by atoms with E-state index in [1.54, 1.807) is 26.2 Å². The summed E-state index contributed by atoms with van der Waals surface area (Å²) in [6, 6.07) is 5.00. The molecule has 2 rings (SSSR count). The average Bonchev–Trinajstić information content (AvgIpc) is 3.05. The Morgan fingerprint density at radius 3 is 2.88 bits per heavy atom. The maximum Gasteiger partial charge on any atom is 0.190 e. The molecule has 3 nitrogen and oxygen atoms in total. The van der Waals surface area contributed by atoms with Crippen molar-refractivity contribution in [1.82, 2.24) is 10.6 Å². The molecule has 0 bridgehead atoms. The molecule has 1 aliphatic carbocycles. The van der Waals surface area contributed by atoms with Crippen molar-refractivity contribution in [3.8, 4) is 0 Å². The van der Waals surface area contributed by atoms with Crippen molar-refractivity contribution in [3.05, 3.63) is 34.6 Å². The molecular weight excluding hydrogens is 241 g/mol. The molecule has 5 heteroatoms. The normalized spacial score (nSPS) is 23.4. The summed E-state index contributed by atoms with van der Waals surface area (Å²) in [7, 11) is 3.50. The number of hydrogen-bond acceptors (Lipinski definition) is 1. The predicted octanol–water partition coefficient (Wildman–Crippen LogP) is 2.13. The van der Waals surface area contributed by atoms with Gasteiger partial charge in [0.1, 0.15) is 5.82 Å². The van der Waals surface area contributed by atoms with Crippen molar-refractivity contribution < 1.29 is 4.39 Å². The summed E-state index contributed by atoms with van der Waals surface area (Å²) < 4.78 is 13.7. The maximum absolute atomic E-state index is 13.7. The van der Waals surface area contributed by atoms with E-state index in [0.29, 0.717) is 16.5 Å². The van der Waals surface area contributed by atoms with Crippen molar-refractivity contribution in [2.24, 2.45) is 4.99 Å². The van der Waals surface area contributed by atoms with Crippen LogP contribution in [0, 0.1) is 5.82 Å². The molecule has 92 valence electrons. The van der Waals surface area contributed by atoms with Gasteiger partial charge in [0.15, 0.2) is 5.96 Å². The molecular formula is C12H15ClFN3. The lowest BCUT2D eigenvalue weighted by molar-refractivity contribution is 0.608. The van der Waals surface area contributed by atoms with Crippen molar-refractivity contribution in [3.63, 3.8) is 0 Å². The predicted molar refractivity (Wildman–Crippen MR) is 68.1 cm³/mol. The van der Waals surface area contributed by atoms with Gasteiger partial charge in [-0.1, -0.05) is 17.7 Å². The zero-order chi connectivity index (χ0) is 12.4. The smallest absolute Gasteiger partial charge is 0.190 e. The van der Waals surface area contributed by atoms with Crippen LogP contribution in [0.4, 0.5) is 4.39 Å². The van der Waals surface area contributed by atoms with Gasteiger partial charge in [0.25, 0.3) is 0 Å². The van der Waals surface area contributed by atoms with Gasteiger partial charge >= 0.3 is 0 Å². The summed E-state index contributed by atoms with van der Waals surface area (Å²) in [5.74, 6) is 0.616. The first kappa shape index (κ1) is 12.2. The lowest BCUT2D eigenvalue weighted by Crippen LogP contribution is -2.36. The standard InChI is InChI=1S/C12H15ClFN3/c1-15-12(16-2)17-10-6-7(10)11-8(13)4-3-5-9(11)14/h3-5,7,10H,6H2,1-2H3,(H2,15,16,17)/t7-,10-/m1/s1. The van der Waals surface area contributed by atoms with Gasteiger partial charge < -0.3 is 10.6 Å². The minimum atomic E-state index is -0.230. The molecule has 0 saturated heterocycles. The van der Waals surface area contributed by atoms with Gasteiger partial charge in [-0.05, 0) is 18.6 Å². The minimum absolute atomic E-state index is 0.133. The Morgan fingerprint density at radius 2 is 2.29 bits per heavy atom. The third-order valence-electron chi connectivity index (χ3n) is 2.94. The fraction of sp³-hybridized carbons (Fsp3) is 0.417. The summed E-state index contributed by atoms with van der Waals surface area (Å²) in [6.07, 6.45) is 0.876. The lowest BCUT2D eigenvalue weighted by Gasteiger charge is -2.09. The van der Waals surface area contributed by atoms with E-state index in [0.717, 1.165) is 6.42 Å². The zero-order valence-corrected chi connectivity index (χ0v) is 10.6. The van der Waals surface area contributed by atoms with Crippen LogP contribution in [0.5, 0.6) is 0 Å². The Kier molecular flexibility index (Phi) is 3.52. The Hall–Kier alpha value is -1.29. The first-order chi connectivity index (χ1) is 8.17. The largest absolute Gasteiger partial charge is 0.359 e. The summed E-state index contributed by atoms with van der Waals surface area (Å²) in [4.78, 5) is 4.03. The van der Waals surface area contributed by atoms with Crippen molar-refractivity contribution in [1.29, 1.82) is 0 Å². The van der Waals surface area contributed by atoms with E-state index in [9.17, 15) is 4.39 Å². The number of halogens is 2. The van der Waals surface area contributed by atoms with E-state index in [4.69, 9.17) is 11.6 Å². The molecule has 0 aromatic heterocycles. The number of rotatable bonds is 2. The molecule has 0 radical (unpaired) electrons. The third kappa shape index (κ3) is 2.52. The highest BCUT2D eigenvalue weighted by Gasteiger charge is 2.41. The van der Waals surface area contributed by atoms with Gasteiger partial charge in [-0.2, -0.15) is 0 Å². The first-order valence-corrected chi connectivity index (χ1v) is 5.90. The fourth-order valence-electron chi connectivity index (χ4n) is 1.96. The number of aliphatic imine (C=N–C) groups is 1. The van der Waals surface area contributed by atoms with Crippen molar-refractivity contribution >= 4 is 17.6 Å². The van der Waals surface area contributed by atoms with Crippen molar-refractivity contribution in [2.75, 3.05) is 14.1 Å². The number of benzene rings is 1. The van der Waals surface area contributed by atoms with Crippen molar-refractivity contribution in [2.45, 2.75) is 18.4 Å². The second kappa shape index (κ2) is 4.92. The molecule has 1 aromatic carbocycles. The highest BCUT2D eigenvalue weighted by molar-refractivity contribution is 6.31. The third-order valence-corrected chi connectivity index (χ3v) is 3.27. The van der Waals surface area contributed by atoms with Gasteiger partial charge in [-0.15, -0.1) is 0 Å². The van der Waals surface area contributed by atoms with E-state index in [1.807, 2.05) is 0 Å². The molecule has 1 fully saturated rings. The van der Waals surface area contributed by atoms with E-state index in [1.165, 1.54) is 6.07 Å². The highest BCUT2D eigenvalue weighted by Crippen LogP contribution is 2.44. The molecule has 1 aromatic rings. The topological polar surface area (TPSA) is 36.4 Å². The number of hydrogen-bond donors (Lipinski definition) is 2. The van der Waals surface area contributed by atoms with E-state index in [-0.39, 0.29) is 17.8 Å². The first-order valence-electron chi connectivity index (χ1n) is 5.52. The Bertz CT molecular complexity index is 427. The molecule has 0 unspecified atom stereocenters. The van der Waals surface area contributed by atoms with Crippen LogP contribution in [0.3, 0.4) is 0 Å². The van der Waals surface area contributed by atoms with E-state index in [2.05, 4.69) is 15.6 Å². The molecule has 2 N–H and O–H groups in total. The van der Waals surface area contributed by atoms with Crippen LogP contribution < -0.4 is 10.6 Å². The van der Waals surface area contributed by atoms with Gasteiger partial charge in [0.2, 0.25) is 0 Å². The maximum atomic E-state index is 13.7. The summed E-state index contributed by atoms with van der Waals surface area (Å²) >= 11 is 6.02. The highest BCUT2D eigenvalue weighted by atomic mass is 35.5. The molecule has 0 spiro atoms. The Morgan fingerprint density at radius 1 is 1.53 bits per heavy atom. The van der Waals surface area contributed by atoms with Gasteiger partial charge in [-0.3, -0.25) is 4.99 Å².